The van der Waals surface area contributed by atoms with Gasteiger partial charge in [-0.1, -0.05) is 6.92 Å². The third-order valence-corrected chi connectivity index (χ3v) is 5.33. The average molecular weight is 384 g/mol. The van der Waals surface area contributed by atoms with Gasteiger partial charge in [-0.15, -0.1) is 0 Å². The maximum absolute atomic E-state index is 12.5. The summed E-state index contributed by atoms with van der Waals surface area (Å²) in [5.41, 5.74) is 4.22. The molecule has 2 N–H and O–H groups in total. The second kappa shape index (κ2) is 8.56. The van der Waals surface area contributed by atoms with Gasteiger partial charge in [0, 0.05) is 42.1 Å². The van der Waals surface area contributed by atoms with Gasteiger partial charge in [0.25, 0.3) is 5.91 Å². The Morgan fingerprint density at radius 2 is 1.93 bits per heavy atom. The van der Waals surface area contributed by atoms with E-state index in [1.807, 2.05) is 18.5 Å². The van der Waals surface area contributed by atoms with Gasteiger partial charge in [0.05, 0.1) is 18.8 Å². The second-order valence-corrected chi connectivity index (χ2v) is 7.43. The van der Waals surface area contributed by atoms with Gasteiger partial charge in [-0.05, 0) is 50.5 Å². The predicted octanol–water partition coefficient (Wildman–Crippen LogP) is 2.67. The van der Waals surface area contributed by atoms with Crippen LogP contribution in [-0.4, -0.2) is 35.3 Å². The van der Waals surface area contributed by atoms with Crippen LogP contribution in [0.4, 0.5) is 5.69 Å². The molecular weight excluding hydrogens is 356 g/mol. The predicted molar refractivity (Wildman–Crippen MR) is 107 cm³/mol. The summed E-state index contributed by atoms with van der Waals surface area (Å²) in [5.74, 6) is 0.494. The van der Waals surface area contributed by atoms with Gasteiger partial charge >= 0.3 is 0 Å². The number of benzene rings is 1. The van der Waals surface area contributed by atoms with Gasteiger partial charge in [0.1, 0.15) is 0 Å². The lowest BCUT2D eigenvalue weighted by Gasteiger charge is -2.08. The summed E-state index contributed by atoms with van der Waals surface area (Å²) in [5, 5.41) is 10.4. The van der Waals surface area contributed by atoms with Crippen molar-refractivity contribution in [2.75, 3.05) is 19.0 Å². The molecule has 2 atom stereocenters. The van der Waals surface area contributed by atoms with Crippen LogP contribution in [0.3, 0.4) is 0 Å². The first-order chi connectivity index (χ1) is 13.4. The van der Waals surface area contributed by atoms with Gasteiger partial charge in [0.15, 0.2) is 0 Å². The molecule has 2 aromatic rings. The number of nitrogens with one attached hydrogen (secondary N) is 2. The molecule has 7 heteroatoms. The van der Waals surface area contributed by atoms with E-state index in [9.17, 15) is 9.59 Å². The fourth-order valence-corrected chi connectivity index (χ4v) is 3.28. The molecule has 0 bridgehead atoms. The topological polar surface area (TPSA) is 85.2 Å². The Bertz CT molecular complexity index is 857. The number of carbonyl (C=O) groups is 2. The molecule has 2 unspecified atom stereocenters. The summed E-state index contributed by atoms with van der Waals surface area (Å²) >= 11 is 0. The summed E-state index contributed by atoms with van der Waals surface area (Å²) in [7, 11) is 1.66. The molecule has 1 fully saturated rings. The normalized spacial score (nSPS) is 18.0. The van der Waals surface area contributed by atoms with Crippen LogP contribution >= 0.6 is 0 Å². The molecule has 0 radical (unpaired) electrons. The van der Waals surface area contributed by atoms with Crippen molar-refractivity contribution in [3.8, 4) is 0 Å². The minimum absolute atomic E-state index is 0.0566. The smallest absolute Gasteiger partial charge is 0.251 e. The summed E-state index contributed by atoms with van der Waals surface area (Å²) in [6.45, 7) is 7.70. The highest BCUT2D eigenvalue weighted by Gasteiger charge is 2.39. The van der Waals surface area contributed by atoms with Crippen LogP contribution in [0.15, 0.2) is 24.3 Å². The molecule has 0 aliphatic heterocycles. The van der Waals surface area contributed by atoms with E-state index in [4.69, 9.17) is 4.74 Å². The van der Waals surface area contributed by atoms with E-state index < -0.39 is 0 Å². The van der Waals surface area contributed by atoms with Crippen molar-refractivity contribution in [1.29, 1.82) is 0 Å². The number of hydrogen-bond acceptors (Lipinski definition) is 4. The first-order valence-electron chi connectivity index (χ1n) is 9.61. The number of methoxy groups -OCH3 is 1. The highest BCUT2D eigenvalue weighted by atomic mass is 16.5. The van der Waals surface area contributed by atoms with Gasteiger partial charge < -0.3 is 15.4 Å². The Kier molecular flexibility index (Phi) is 6.14. The minimum Gasteiger partial charge on any atom is -0.383 e. The molecule has 1 aliphatic carbocycles. The molecule has 150 valence electrons. The third-order valence-electron chi connectivity index (χ3n) is 5.33. The molecule has 2 amide bonds. The zero-order chi connectivity index (χ0) is 20.3. The number of carbonyl (C=O) groups excluding carboxylic acids is 2. The van der Waals surface area contributed by atoms with Crippen LogP contribution in [-0.2, 0) is 22.6 Å². The summed E-state index contributed by atoms with van der Waals surface area (Å²) in [6.07, 6.45) is 0.952. The number of rotatable bonds is 8. The Morgan fingerprint density at radius 3 is 2.54 bits per heavy atom. The Hall–Kier alpha value is -2.67. The molecule has 0 saturated heterocycles. The molecule has 1 heterocycles. The zero-order valence-corrected chi connectivity index (χ0v) is 16.9. The lowest BCUT2D eigenvalue weighted by molar-refractivity contribution is -0.117. The molecule has 7 nitrogen and oxygen atoms in total. The van der Waals surface area contributed by atoms with Gasteiger partial charge in [-0.2, -0.15) is 5.10 Å². The Balaban J connectivity index is 1.56. The molecule has 1 aliphatic rings. The van der Waals surface area contributed by atoms with Gasteiger partial charge in [-0.3, -0.25) is 14.3 Å². The SMILES string of the molecule is COCCn1nc(C)c(CNC(=O)c2ccc(NC(=O)C3CC3C)cc2)c1C. The van der Waals surface area contributed by atoms with Crippen molar-refractivity contribution in [3.05, 3.63) is 46.8 Å². The zero-order valence-electron chi connectivity index (χ0n) is 16.9. The fourth-order valence-electron chi connectivity index (χ4n) is 3.28. The van der Waals surface area contributed by atoms with Crippen molar-refractivity contribution in [2.24, 2.45) is 11.8 Å². The summed E-state index contributed by atoms with van der Waals surface area (Å²) in [4.78, 5) is 24.5. The van der Waals surface area contributed by atoms with Crippen LogP contribution in [0, 0.1) is 25.7 Å². The van der Waals surface area contributed by atoms with Crippen LogP contribution in [0.2, 0.25) is 0 Å². The standard InChI is InChI=1S/C21H28N4O3/c1-13-11-18(13)21(27)23-17-7-5-16(6-8-17)20(26)22-12-19-14(2)24-25(15(19)3)9-10-28-4/h5-8,13,18H,9-12H2,1-4H3,(H,22,26)(H,23,27). The molecular formula is C21H28N4O3. The van der Waals surface area contributed by atoms with Crippen LogP contribution in [0.25, 0.3) is 0 Å². The van der Waals surface area contributed by atoms with E-state index in [1.54, 1.807) is 31.4 Å². The Labute approximate surface area is 165 Å². The first-order valence-corrected chi connectivity index (χ1v) is 9.61. The van der Waals surface area contributed by atoms with E-state index in [0.717, 1.165) is 23.4 Å². The maximum atomic E-state index is 12.5. The lowest BCUT2D eigenvalue weighted by atomic mass is 10.1. The molecule has 1 saturated carbocycles. The van der Waals surface area contributed by atoms with Crippen molar-refractivity contribution in [3.63, 3.8) is 0 Å². The van der Waals surface area contributed by atoms with E-state index in [-0.39, 0.29) is 17.7 Å². The van der Waals surface area contributed by atoms with E-state index in [2.05, 4.69) is 22.7 Å². The number of anilines is 1. The number of amides is 2. The molecule has 3 rings (SSSR count). The molecule has 28 heavy (non-hydrogen) atoms. The number of nitrogens with zero attached hydrogens (tertiary/aromatic N) is 2. The fraction of sp³-hybridized carbons (Fsp3) is 0.476. The number of aromatic nitrogens is 2. The van der Waals surface area contributed by atoms with Crippen molar-refractivity contribution in [2.45, 2.75) is 40.3 Å². The highest BCUT2D eigenvalue weighted by Crippen LogP contribution is 2.38. The minimum atomic E-state index is -0.155. The molecule has 1 aromatic heterocycles. The average Bonchev–Trinajstić information content (AvgIpc) is 3.35. The van der Waals surface area contributed by atoms with Crippen molar-refractivity contribution >= 4 is 17.5 Å². The second-order valence-electron chi connectivity index (χ2n) is 7.43. The Morgan fingerprint density at radius 1 is 1.25 bits per heavy atom. The van der Waals surface area contributed by atoms with Crippen molar-refractivity contribution < 1.29 is 14.3 Å². The highest BCUT2D eigenvalue weighted by molar-refractivity contribution is 5.96. The van der Waals surface area contributed by atoms with Gasteiger partial charge in [-0.25, -0.2) is 0 Å². The number of hydrogen-bond donors (Lipinski definition) is 2. The van der Waals surface area contributed by atoms with Gasteiger partial charge in [0.2, 0.25) is 5.91 Å². The monoisotopic (exact) mass is 384 g/mol. The lowest BCUT2D eigenvalue weighted by Crippen LogP contribution is -2.23. The summed E-state index contributed by atoms with van der Waals surface area (Å²) < 4.78 is 7.01. The molecule has 1 aromatic carbocycles. The van der Waals surface area contributed by atoms with Crippen molar-refractivity contribution in [1.82, 2.24) is 15.1 Å². The molecule has 0 spiro atoms. The van der Waals surface area contributed by atoms with E-state index >= 15 is 0 Å². The third kappa shape index (κ3) is 4.59. The van der Waals surface area contributed by atoms with Crippen LogP contribution in [0.5, 0.6) is 0 Å². The largest absolute Gasteiger partial charge is 0.383 e. The maximum Gasteiger partial charge on any atom is 0.251 e. The van der Waals surface area contributed by atoms with Crippen LogP contribution in [0.1, 0.15) is 40.7 Å². The van der Waals surface area contributed by atoms with E-state index in [0.29, 0.717) is 36.9 Å². The number of aryl methyl sites for hydroxylation is 1. The first kappa shape index (κ1) is 20.1. The summed E-state index contributed by atoms with van der Waals surface area (Å²) in [6, 6.07) is 6.98. The van der Waals surface area contributed by atoms with E-state index in [1.165, 1.54) is 0 Å². The number of ether oxygens (including phenoxy) is 1. The van der Waals surface area contributed by atoms with Crippen LogP contribution < -0.4 is 10.6 Å². The quantitative estimate of drug-likeness (QED) is 0.733.